The Balaban J connectivity index is 1.69. The van der Waals surface area contributed by atoms with Crippen LogP contribution in [0.2, 0.25) is 0 Å². The maximum atomic E-state index is 12.8. The van der Waals surface area contributed by atoms with Crippen LogP contribution in [-0.4, -0.2) is 19.3 Å². The Labute approximate surface area is 173 Å². The summed E-state index contributed by atoms with van der Waals surface area (Å²) in [7, 11) is 1.51. The molecule has 2 aromatic carbocycles. The molecule has 0 saturated carbocycles. The first-order valence-electron chi connectivity index (χ1n) is 8.28. The van der Waals surface area contributed by atoms with Crippen molar-refractivity contribution in [1.29, 1.82) is 0 Å². The van der Waals surface area contributed by atoms with Crippen LogP contribution in [0.1, 0.15) is 15.2 Å². The molecule has 1 aromatic heterocycles. The smallest absolute Gasteiger partial charge is 0.416 e. The van der Waals surface area contributed by atoms with E-state index < -0.39 is 11.7 Å². The third-order valence-electron chi connectivity index (χ3n) is 3.85. The molecule has 4 nitrogen and oxygen atoms in total. The van der Waals surface area contributed by atoms with Gasteiger partial charge in [0.1, 0.15) is 16.4 Å². The van der Waals surface area contributed by atoms with Gasteiger partial charge in [-0.25, -0.2) is 0 Å². The Morgan fingerprint density at radius 1 is 1.10 bits per heavy atom. The molecule has 0 fully saturated rings. The van der Waals surface area contributed by atoms with Crippen molar-refractivity contribution in [2.75, 3.05) is 18.7 Å². The Hall–Kier alpha value is -2.65. The lowest BCUT2D eigenvalue weighted by Crippen LogP contribution is -2.11. The summed E-state index contributed by atoms with van der Waals surface area (Å²) < 4.78 is 49.2. The number of hydrogen-bond acceptors (Lipinski definition) is 5. The second-order valence-electron chi connectivity index (χ2n) is 5.77. The highest BCUT2D eigenvalue weighted by Gasteiger charge is 2.30. The maximum Gasteiger partial charge on any atom is 0.416 e. The molecular weight excluding hydrogens is 423 g/mol. The van der Waals surface area contributed by atoms with Crippen LogP contribution in [0.15, 0.2) is 58.8 Å². The van der Waals surface area contributed by atoms with Crippen molar-refractivity contribution in [1.82, 2.24) is 0 Å². The predicted octanol–water partition coefficient (Wildman–Crippen LogP) is 6.54. The summed E-state index contributed by atoms with van der Waals surface area (Å²) in [6.45, 7) is 0. The molecular formula is C20H16F3NO3S2. The van der Waals surface area contributed by atoms with Gasteiger partial charge in [0.05, 0.1) is 17.6 Å². The molecule has 1 amide bonds. The summed E-state index contributed by atoms with van der Waals surface area (Å²) >= 11 is 2.77. The number of carbonyl (C=O) groups excluding carboxylic acids is 1. The van der Waals surface area contributed by atoms with E-state index in [2.05, 4.69) is 5.32 Å². The fourth-order valence-electron chi connectivity index (χ4n) is 2.49. The SMILES string of the molecule is COc1c(SC)csc1C(=O)Nc1ccc(Oc2cccc(C(F)(F)F)c2)cc1. The molecule has 0 saturated heterocycles. The van der Waals surface area contributed by atoms with E-state index in [1.807, 2.05) is 11.6 Å². The van der Waals surface area contributed by atoms with E-state index in [1.165, 1.54) is 42.3 Å². The standard InChI is InChI=1S/C20H16F3NO3S2/c1-26-17-16(28-2)11-29-18(17)19(25)24-13-6-8-14(9-7-13)27-15-5-3-4-12(10-15)20(21,22)23/h3-11H,1-2H3,(H,24,25). The number of hydrogen-bond donors (Lipinski definition) is 1. The van der Waals surface area contributed by atoms with E-state index in [0.717, 1.165) is 17.0 Å². The van der Waals surface area contributed by atoms with E-state index in [1.54, 1.807) is 24.3 Å². The van der Waals surface area contributed by atoms with E-state index in [4.69, 9.17) is 9.47 Å². The Kier molecular flexibility index (Phi) is 6.39. The number of methoxy groups -OCH3 is 1. The number of thioether (sulfide) groups is 1. The van der Waals surface area contributed by atoms with Crippen molar-refractivity contribution in [2.45, 2.75) is 11.1 Å². The van der Waals surface area contributed by atoms with Crippen LogP contribution in [0.5, 0.6) is 17.2 Å². The molecule has 0 aliphatic carbocycles. The third-order valence-corrected chi connectivity index (χ3v) is 5.71. The number of halogens is 3. The van der Waals surface area contributed by atoms with Gasteiger partial charge in [-0.3, -0.25) is 4.79 Å². The second-order valence-corrected chi connectivity index (χ2v) is 7.50. The third kappa shape index (κ3) is 5.04. The lowest BCUT2D eigenvalue weighted by Gasteiger charge is -2.11. The Morgan fingerprint density at radius 2 is 1.83 bits per heavy atom. The maximum absolute atomic E-state index is 12.8. The van der Waals surface area contributed by atoms with Crippen molar-refractivity contribution >= 4 is 34.7 Å². The van der Waals surface area contributed by atoms with Gasteiger partial charge in [0.2, 0.25) is 0 Å². The van der Waals surface area contributed by atoms with Crippen molar-refractivity contribution < 1.29 is 27.4 Å². The Bertz CT molecular complexity index is 1000. The number of nitrogens with one attached hydrogen (secondary N) is 1. The van der Waals surface area contributed by atoms with Gasteiger partial charge in [-0.1, -0.05) is 6.07 Å². The van der Waals surface area contributed by atoms with Gasteiger partial charge in [-0.05, 0) is 48.7 Å². The van der Waals surface area contributed by atoms with Gasteiger partial charge in [0, 0.05) is 11.1 Å². The predicted molar refractivity (Wildman–Crippen MR) is 109 cm³/mol. The average molecular weight is 439 g/mol. The summed E-state index contributed by atoms with van der Waals surface area (Å²) in [6.07, 6.45) is -2.54. The minimum atomic E-state index is -4.44. The lowest BCUT2D eigenvalue weighted by molar-refractivity contribution is -0.137. The second kappa shape index (κ2) is 8.79. The van der Waals surface area contributed by atoms with Crippen molar-refractivity contribution in [3.05, 3.63) is 64.4 Å². The van der Waals surface area contributed by atoms with Gasteiger partial charge >= 0.3 is 6.18 Å². The minimum Gasteiger partial charge on any atom is -0.494 e. The zero-order chi connectivity index (χ0) is 21.0. The highest BCUT2D eigenvalue weighted by atomic mass is 32.2. The normalized spacial score (nSPS) is 11.2. The lowest BCUT2D eigenvalue weighted by atomic mass is 10.2. The highest BCUT2D eigenvalue weighted by molar-refractivity contribution is 7.98. The van der Waals surface area contributed by atoms with Crippen LogP contribution in [0.4, 0.5) is 18.9 Å². The molecule has 0 atom stereocenters. The van der Waals surface area contributed by atoms with E-state index >= 15 is 0 Å². The van der Waals surface area contributed by atoms with Crippen molar-refractivity contribution in [2.24, 2.45) is 0 Å². The van der Waals surface area contributed by atoms with Gasteiger partial charge in [-0.2, -0.15) is 13.2 Å². The van der Waals surface area contributed by atoms with Crippen LogP contribution in [-0.2, 0) is 6.18 Å². The quantitative estimate of drug-likeness (QED) is 0.443. The number of amides is 1. The van der Waals surface area contributed by atoms with Crippen LogP contribution >= 0.6 is 23.1 Å². The highest BCUT2D eigenvalue weighted by Crippen LogP contribution is 2.37. The monoisotopic (exact) mass is 439 g/mol. The van der Waals surface area contributed by atoms with Crippen LogP contribution < -0.4 is 14.8 Å². The first-order valence-corrected chi connectivity index (χ1v) is 10.4. The molecule has 1 heterocycles. The molecule has 0 spiro atoms. The Morgan fingerprint density at radius 3 is 2.45 bits per heavy atom. The molecule has 9 heteroatoms. The molecule has 0 aliphatic heterocycles. The molecule has 1 N–H and O–H groups in total. The van der Waals surface area contributed by atoms with E-state index in [-0.39, 0.29) is 11.7 Å². The van der Waals surface area contributed by atoms with Gasteiger partial charge in [0.25, 0.3) is 5.91 Å². The summed E-state index contributed by atoms with van der Waals surface area (Å²) in [5.41, 5.74) is -0.263. The van der Waals surface area contributed by atoms with Crippen molar-refractivity contribution in [3.8, 4) is 17.2 Å². The van der Waals surface area contributed by atoms with Gasteiger partial charge < -0.3 is 14.8 Å². The average Bonchev–Trinajstić information content (AvgIpc) is 3.12. The zero-order valence-electron chi connectivity index (χ0n) is 15.4. The molecule has 0 radical (unpaired) electrons. The number of anilines is 1. The molecule has 29 heavy (non-hydrogen) atoms. The largest absolute Gasteiger partial charge is 0.494 e. The van der Waals surface area contributed by atoms with Gasteiger partial charge in [0.15, 0.2) is 5.75 Å². The first kappa shape index (κ1) is 21.1. The topological polar surface area (TPSA) is 47.6 Å². The van der Waals surface area contributed by atoms with Crippen LogP contribution in [0, 0.1) is 0 Å². The summed E-state index contributed by atoms with van der Waals surface area (Å²) in [5, 5.41) is 4.62. The fraction of sp³-hybridized carbons (Fsp3) is 0.150. The number of thiophene rings is 1. The number of alkyl halides is 3. The molecule has 0 bridgehead atoms. The van der Waals surface area contributed by atoms with Gasteiger partial charge in [-0.15, -0.1) is 23.1 Å². The van der Waals surface area contributed by atoms with E-state index in [0.29, 0.717) is 22.1 Å². The number of ether oxygens (including phenoxy) is 2. The molecule has 0 unspecified atom stereocenters. The van der Waals surface area contributed by atoms with E-state index in [9.17, 15) is 18.0 Å². The summed E-state index contributed by atoms with van der Waals surface area (Å²) in [6, 6.07) is 11.0. The number of benzene rings is 2. The molecule has 3 rings (SSSR count). The number of rotatable bonds is 6. The number of carbonyl (C=O) groups is 1. The van der Waals surface area contributed by atoms with Crippen molar-refractivity contribution in [3.63, 3.8) is 0 Å². The molecule has 152 valence electrons. The summed E-state index contributed by atoms with van der Waals surface area (Å²) in [5.74, 6) is 0.647. The zero-order valence-corrected chi connectivity index (χ0v) is 17.0. The first-order chi connectivity index (χ1) is 13.8. The molecule has 3 aromatic rings. The molecule has 0 aliphatic rings. The minimum absolute atomic E-state index is 0.0736. The van der Waals surface area contributed by atoms with Crippen LogP contribution in [0.25, 0.3) is 0 Å². The summed E-state index contributed by atoms with van der Waals surface area (Å²) in [4.78, 5) is 13.8. The fourth-order valence-corrected chi connectivity index (χ4v) is 4.24. The van der Waals surface area contributed by atoms with Crippen LogP contribution in [0.3, 0.4) is 0 Å².